The van der Waals surface area contributed by atoms with E-state index in [9.17, 15) is 9.90 Å². The third-order valence-corrected chi connectivity index (χ3v) is 3.46. The van der Waals surface area contributed by atoms with Crippen LogP contribution < -0.4 is 10.1 Å². The van der Waals surface area contributed by atoms with Gasteiger partial charge in [0.05, 0.1) is 11.1 Å². The molecule has 0 unspecified atom stereocenters. The van der Waals surface area contributed by atoms with Crippen LogP contribution in [0.1, 0.15) is 17.3 Å². The van der Waals surface area contributed by atoms with Crippen molar-refractivity contribution in [2.45, 2.75) is 13.2 Å². The fourth-order valence-electron chi connectivity index (χ4n) is 2.33. The number of ketones is 1. The van der Waals surface area contributed by atoms with Crippen molar-refractivity contribution in [1.82, 2.24) is 0 Å². The SMILES string of the molecule is CCO[C@H]1Oc2ccccc2C(=O)/C1=C/Nc1ccc(O)cc1. The lowest BCUT2D eigenvalue weighted by molar-refractivity contribution is -0.0509. The molecule has 2 aromatic carbocycles. The van der Waals surface area contributed by atoms with Gasteiger partial charge in [0.15, 0.2) is 5.78 Å². The molecule has 1 aliphatic heterocycles. The number of phenols is 1. The van der Waals surface area contributed by atoms with E-state index in [1.165, 1.54) is 0 Å². The highest BCUT2D eigenvalue weighted by molar-refractivity contribution is 6.12. The van der Waals surface area contributed by atoms with Crippen LogP contribution in [0, 0.1) is 0 Å². The molecule has 0 aliphatic carbocycles. The fraction of sp³-hybridized carbons (Fsp3) is 0.167. The van der Waals surface area contributed by atoms with E-state index in [1.807, 2.05) is 13.0 Å². The van der Waals surface area contributed by atoms with E-state index in [4.69, 9.17) is 9.47 Å². The average Bonchev–Trinajstić information content (AvgIpc) is 2.56. The Bertz CT molecular complexity index is 737. The smallest absolute Gasteiger partial charge is 0.232 e. The van der Waals surface area contributed by atoms with Crippen LogP contribution in [0.4, 0.5) is 5.69 Å². The van der Waals surface area contributed by atoms with E-state index in [2.05, 4.69) is 5.32 Å². The Morgan fingerprint density at radius 2 is 1.96 bits per heavy atom. The summed E-state index contributed by atoms with van der Waals surface area (Å²) in [5.41, 5.74) is 1.66. The van der Waals surface area contributed by atoms with Crippen LogP contribution in [0.5, 0.6) is 11.5 Å². The van der Waals surface area contributed by atoms with Gasteiger partial charge in [0, 0.05) is 18.5 Å². The standard InChI is InChI=1S/C18H17NO4/c1-2-22-18-15(11-19-12-7-9-13(20)10-8-12)17(21)14-5-3-4-6-16(14)23-18/h3-11,18-20H,2H2,1H3/b15-11-/t18-/m0/s1. The summed E-state index contributed by atoms with van der Waals surface area (Å²) in [6.45, 7) is 2.27. The Balaban J connectivity index is 1.89. The maximum atomic E-state index is 12.7. The quantitative estimate of drug-likeness (QED) is 0.669. The number of fused-ring (bicyclic) bond motifs is 1. The summed E-state index contributed by atoms with van der Waals surface area (Å²) >= 11 is 0. The first kappa shape index (κ1) is 15.1. The lowest BCUT2D eigenvalue weighted by Gasteiger charge is -2.27. The number of rotatable bonds is 4. The third kappa shape index (κ3) is 3.19. The zero-order valence-corrected chi connectivity index (χ0v) is 12.7. The van der Waals surface area contributed by atoms with Crippen molar-refractivity contribution >= 4 is 11.5 Å². The van der Waals surface area contributed by atoms with Crippen molar-refractivity contribution in [3.63, 3.8) is 0 Å². The number of carbonyl (C=O) groups excluding carboxylic acids is 1. The second kappa shape index (κ2) is 6.54. The van der Waals surface area contributed by atoms with E-state index in [0.717, 1.165) is 5.69 Å². The molecule has 1 atom stereocenters. The van der Waals surface area contributed by atoms with Gasteiger partial charge < -0.3 is 19.9 Å². The number of phenolic OH excluding ortho intramolecular Hbond substituents is 1. The minimum Gasteiger partial charge on any atom is -0.508 e. The van der Waals surface area contributed by atoms with Gasteiger partial charge in [-0.3, -0.25) is 4.79 Å². The van der Waals surface area contributed by atoms with Gasteiger partial charge in [0.25, 0.3) is 0 Å². The molecule has 118 valence electrons. The van der Waals surface area contributed by atoms with Crippen LogP contribution in [-0.4, -0.2) is 23.8 Å². The van der Waals surface area contributed by atoms with E-state index < -0.39 is 6.29 Å². The molecule has 5 nitrogen and oxygen atoms in total. The van der Waals surface area contributed by atoms with Crippen molar-refractivity contribution < 1.29 is 19.4 Å². The number of benzene rings is 2. The van der Waals surface area contributed by atoms with Gasteiger partial charge in [-0.15, -0.1) is 0 Å². The van der Waals surface area contributed by atoms with Crippen molar-refractivity contribution in [1.29, 1.82) is 0 Å². The number of aromatic hydroxyl groups is 1. The van der Waals surface area contributed by atoms with Gasteiger partial charge in [0.2, 0.25) is 6.29 Å². The van der Waals surface area contributed by atoms with Gasteiger partial charge in [-0.25, -0.2) is 0 Å². The Hall–Kier alpha value is -2.79. The highest BCUT2D eigenvalue weighted by atomic mass is 16.7. The molecule has 23 heavy (non-hydrogen) atoms. The molecule has 2 aromatic rings. The van der Waals surface area contributed by atoms with Crippen molar-refractivity contribution in [2.24, 2.45) is 0 Å². The minimum atomic E-state index is -0.744. The van der Waals surface area contributed by atoms with Crippen molar-refractivity contribution in [2.75, 3.05) is 11.9 Å². The number of anilines is 1. The molecule has 1 aliphatic rings. The van der Waals surface area contributed by atoms with Crippen molar-refractivity contribution in [3.8, 4) is 11.5 Å². The molecule has 0 bridgehead atoms. The number of nitrogens with one attached hydrogen (secondary N) is 1. The number of ether oxygens (including phenoxy) is 2. The largest absolute Gasteiger partial charge is 0.508 e. The van der Waals surface area contributed by atoms with E-state index in [1.54, 1.807) is 48.7 Å². The molecular formula is C18H17NO4. The molecule has 0 saturated carbocycles. The molecule has 3 rings (SSSR count). The van der Waals surface area contributed by atoms with E-state index in [-0.39, 0.29) is 11.5 Å². The highest BCUT2D eigenvalue weighted by Gasteiger charge is 2.32. The summed E-state index contributed by atoms with van der Waals surface area (Å²) in [5.74, 6) is 0.579. The molecule has 5 heteroatoms. The molecule has 0 fully saturated rings. The second-order valence-electron chi connectivity index (χ2n) is 5.02. The summed E-state index contributed by atoms with van der Waals surface area (Å²) < 4.78 is 11.3. The third-order valence-electron chi connectivity index (χ3n) is 3.46. The van der Waals surface area contributed by atoms with Crippen LogP contribution >= 0.6 is 0 Å². The maximum absolute atomic E-state index is 12.7. The summed E-state index contributed by atoms with van der Waals surface area (Å²) in [5, 5.41) is 12.3. The first-order valence-corrected chi connectivity index (χ1v) is 7.36. The summed E-state index contributed by atoms with van der Waals surface area (Å²) in [7, 11) is 0. The summed E-state index contributed by atoms with van der Waals surface area (Å²) in [6, 6.07) is 13.7. The van der Waals surface area contributed by atoms with Gasteiger partial charge in [0.1, 0.15) is 11.5 Å². The number of hydrogen-bond donors (Lipinski definition) is 2. The molecule has 0 saturated heterocycles. The Kier molecular flexibility index (Phi) is 4.30. The molecule has 1 heterocycles. The van der Waals surface area contributed by atoms with Gasteiger partial charge in [-0.1, -0.05) is 12.1 Å². The highest BCUT2D eigenvalue weighted by Crippen LogP contribution is 2.31. The van der Waals surface area contributed by atoms with E-state index >= 15 is 0 Å². The Morgan fingerprint density at radius 1 is 1.22 bits per heavy atom. The molecule has 2 N–H and O–H groups in total. The number of Topliss-reactive ketones (excluding diaryl/α,β-unsaturated/α-hetero) is 1. The second-order valence-corrected chi connectivity index (χ2v) is 5.02. The number of para-hydroxylation sites is 1. The first-order valence-electron chi connectivity index (χ1n) is 7.36. The van der Waals surface area contributed by atoms with Crippen LogP contribution in [0.2, 0.25) is 0 Å². The van der Waals surface area contributed by atoms with Crippen LogP contribution in [-0.2, 0) is 4.74 Å². The molecular weight excluding hydrogens is 294 g/mol. The predicted molar refractivity (Wildman–Crippen MR) is 86.6 cm³/mol. The maximum Gasteiger partial charge on any atom is 0.232 e. The average molecular weight is 311 g/mol. The van der Waals surface area contributed by atoms with Crippen LogP contribution in [0.3, 0.4) is 0 Å². The fourth-order valence-corrected chi connectivity index (χ4v) is 2.33. The first-order chi connectivity index (χ1) is 11.2. The lowest BCUT2D eigenvalue weighted by Crippen LogP contribution is -2.33. The van der Waals surface area contributed by atoms with Gasteiger partial charge >= 0.3 is 0 Å². The zero-order chi connectivity index (χ0) is 16.2. The molecule has 0 aromatic heterocycles. The van der Waals surface area contributed by atoms with Gasteiger partial charge in [-0.05, 0) is 43.3 Å². The predicted octanol–water partition coefficient (Wildman–Crippen LogP) is 3.33. The normalized spacial score (nSPS) is 18.4. The summed E-state index contributed by atoms with van der Waals surface area (Å²) in [4.78, 5) is 12.7. The summed E-state index contributed by atoms with van der Waals surface area (Å²) in [6.07, 6.45) is 0.845. The topological polar surface area (TPSA) is 67.8 Å². The van der Waals surface area contributed by atoms with E-state index in [0.29, 0.717) is 23.5 Å². The Labute approximate surface area is 134 Å². The number of carbonyl (C=O) groups is 1. The molecule has 0 radical (unpaired) electrons. The monoisotopic (exact) mass is 311 g/mol. The zero-order valence-electron chi connectivity index (χ0n) is 12.7. The minimum absolute atomic E-state index is 0.128. The van der Waals surface area contributed by atoms with Crippen LogP contribution in [0.25, 0.3) is 0 Å². The lowest BCUT2D eigenvalue weighted by atomic mass is 10.00. The van der Waals surface area contributed by atoms with Gasteiger partial charge in [-0.2, -0.15) is 0 Å². The molecule has 0 spiro atoms. The molecule has 0 amide bonds. The van der Waals surface area contributed by atoms with Crippen molar-refractivity contribution in [3.05, 3.63) is 65.9 Å². The number of hydrogen-bond acceptors (Lipinski definition) is 5. The Morgan fingerprint density at radius 3 is 2.70 bits per heavy atom. The van der Waals surface area contributed by atoms with Crippen LogP contribution in [0.15, 0.2) is 60.3 Å².